The molecule has 2 heterocycles. The lowest BCUT2D eigenvalue weighted by atomic mass is 10.0. The van der Waals surface area contributed by atoms with Crippen LogP contribution in [0, 0.1) is 0 Å². The van der Waals surface area contributed by atoms with Crippen LogP contribution >= 0.6 is 11.6 Å². The molecule has 4 aromatic rings. The number of esters is 2. The molecule has 4 rings (SSSR count). The van der Waals surface area contributed by atoms with E-state index in [4.69, 9.17) is 21.1 Å². The molecule has 176 valence electrons. The van der Waals surface area contributed by atoms with Crippen LogP contribution in [0.15, 0.2) is 60.7 Å². The van der Waals surface area contributed by atoms with Gasteiger partial charge in [-0.1, -0.05) is 61.8 Å². The van der Waals surface area contributed by atoms with Crippen LogP contribution in [0.2, 0.25) is 5.15 Å². The zero-order chi connectivity index (χ0) is 24.7. The van der Waals surface area contributed by atoms with E-state index in [1.54, 1.807) is 6.92 Å². The highest BCUT2D eigenvalue weighted by molar-refractivity contribution is 6.30. The van der Waals surface area contributed by atoms with Crippen molar-refractivity contribution in [3.63, 3.8) is 0 Å². The molecule has 0 N–H and O–H groups in total. The van der Waals surface area contributed by atoms with Gasteiger partial charge < -0.3 is 9.47 Å². The fourth-order valence-corrected chi connectivity index (χ4v) is 3.59. The Morgan fingerprint density at radius 2 is 1.26 bits per heavy atom. The molecule has 0 atom stereocenters. The smallest absolute Gasteiger partial charge is 0.338 e. The van der Waals surface area contributed by atoms with E-state index in [1.807, 2.05) is 61.5 Å². The van der Waals surface area contributed by atoms with E-state index in [0.29, 0.717) is 35.0 Å². The molecular formula is C27H27ClN2O4. The van der Waals surface area contributed by atoms with Crippen LogP contribution < -0.4 is 0 Å². The summed E-state index contributed by atoms with van der Waals surface area (Å²) in [6.07, 6.45) is 0. The van der Waals surface area contributed by atoms with E-state index in [9.17, 15) is 9.59 Å². The minimum atomic E-state index is -0.372. The van der Waals surface area contributed by atoms with Gasteiger partial charge in [0, 0.05) is 16.5 Å². The van der Waals surface area contributed by atoms with Gasteiger partial charge >= 0.3 is 11.9 Å². The fraction of sp³-hybridized carbons (Fsp3) is 0.259. The Kier molecular flexibility index (Phi) is 8.55. The van der Waals surface area contributed by atoms with E-state index in [0.717, 1.165) is 22.0 Å². The van der Waals surface area contributed by atoms with Crippen molar-refractivity contribution in [1.82, 2.24) is 9.97 Å². The lowest BCUT2D eigenvalue weighted by Gasteiger charge is -2.10. The number of nitrogens with zero attached hydrogens (tertiary/aromatic N) is 2. The van der Waals surface area contributed by atoms with Crippen molar-refractivity contribution in [2.75, 3.05) is 13.2 Å². The minimum absolute atomic E-state index is 0.280. The first-order chi connectivity index (χ1) is 16.3. The summed E-state index contributed by atoms with van der Waals surface area (Å²) in [5.41, 5.74) is 3.50. The molecule has 0 bridgehead atoms. The Morgan fingerprint density at radius 1 is 0.794 bits per heavy atom. The summed E-state index contributed by atoms with van der Waals surface area (Å²) in [7, 11) is 0. The van der Waals surface area contributed by atoms with Gasteiger partial charge in [0.2, 0.25) is 0 Å². The van der Waals surface area contributed by atoms with Gasteiger partial charge in [0.15, 0.2) is 0 Å². The van der Waals surface area contributed by atoms with Crippen molar-refractivity contribution >= 4 is 45.3 Å². The minimum Gasteiger partial charge on any atom is -0.462 e. The molecule has 0 amide bonds. The predicted octanol–water partition coefficient (Wildman–Crippen LogP) is 6.60. The Hall–Kier alpha value is -3.51. The van der Waals surface area contributed by atoms with Gasteiger partial charge in [0.25, 0.3) is 0 Å². The number of benzene rings is 2. The number of rotatable bonds is 5. The molecule has 0 unspecified atom stereocenters. The van der Waals surface area contributed by atoms with E-state index in [1.165, 1.54) is 6.07 Å². The largest absolute Gasteiger partial charge is 0.462 e. The lowest BCUT2D eigenvalue weighted by Crippen LogP contribution is -2.07. The quantitative estimate of drug-likeness (QED) is 0.237. The Labute approximate surface area is 203 Å². The monoisotopic (exact) mass is 478 g/mol. The summed E-state index contributed by atoms with van der Waals surface area (Å²) >= 11 is 5.85. The third-order valence-corrected chi connectivity index (χ3v) is 5.20. The Morgan fingerprint density at radius 3 is 1.76 bits per heavy atom. The van der Waals surface area contributed by atoms with Crippen LogP contribution in [0.1, 0.15) is 60.0 Å². The van der Waals surface area contributed by atoms with E-state index in [-0.39, 0.29) is 17.9 Å². The molecule has 2 aromatic heterocycles. The first kappa shape index (κ1) is 25.1. The molecule has 0 spiro atoms. The fourth-order valence-electron chi connectivity index (χ4n) is 3.39. The van der Waals surface area contributed by atoms with Gasteiger partial charge in [-0.25, -0.2) is 14.6 Å². The molecule has 0 saturated heterocycles. The number of hydrogen-bond donors (Lipinski definition) is 0. The SMILES string of the molecule is CCOC(=O)c1cc(C(C)C)nc2ccccc12.CCOC(=O)c1cc(Cl)nc2ccccc12. The Bertz CT molecular complexity index is 1320. The summed E-state index contributed by atoms with van der Waals surface area (Å²) in [5.74, 6) is -0.371. The second-order valence-corrected chi connectivity index (χ2v) is 8.10. The van der Waals surface area contributed by atoms with Gasteiger partial charge in [-0.05, 0) is 44.0 Å². The van der Waals surface area contributed by atoms with Crippen molar-refractivity contribution < 1.29 is 19.1 Å². The molecule has 0 fully saturated rings. The second-order valence-electron chi connectivity index (χ2n) is 7.72. The molecular weight excluding hydrogens is 452 g/mol. The first-order valence-electron chi connectivity index (χ1n) is 11.1. The molecule has 34 heavy (non-hydrogen) atoms. The second kappa shape index (κ2) is 11.6. The molecule has 0 aliphatic rings. The maximum atomic E-state index is 12.0. The van der Waals surface area contributed by atoms with Crippen LogP contribution in [0.3, 0.4) is 0 Å². The average Bonchev–Trinajstić information content (AvgIpc) is 2.83. The number of ether oxygens (including phenoxy) is 2. The molecule has 2 aromatic carbocycles. The number of hydrogen-bond acceptors (Lipinski definition) is 6. The van der Waals surface area contributed by atoms with Crippen LogP contribution in [-0.2, 0) is 9.47 Å². The highest BCUT2D eigenvalue weighted by atomic mass is 35.5. The summed E-state index contributed by atoms with van der Waals surface area (Å²) in [6, 6.07) is 18.3. The maximum Gasteiger partial charge on any atom is 0.338 e. The third kappa shape index (κ3) is 5.88. The van der Waals surface area contributed by atoms with Gasteiger partial charge in [-0.2, -0.15) is 0 Å². The summed E-state index contributed by atoms with van der Waals surface area (Å²) < 4.78 is 10.1. The lowest BCUT2D eigenvalue weighted by molar-refractivity contribution is 0.0519. The normalized spacial score (nSPS) is 10.6. The average molecular weight is 479 g/mol. The Balaban J connectivity index is 0.000000192. The van der Waals surface area contributed by atoms with Crippen molar-refractivity contribution in [3.05, 3.63) is 82.6 Å². The number of aromatic nitrogens is 2. The number of carbonyl (C=O) groups is 2. The molecule has 0 aliphatic heterocycles. The van der Waals surface area contributed by atoms with Gasteiger partial charge in [0.05, 0.1) is 35.4 Å². The van der Waals surface area contributed by atoms with Crippen molar-refractivity contribution in [3.8, 4) is 0 Å². The number of fused-ring (bicyclic) bond motifs is 2. The van der Waals surface area contributed by atoms with Crippen LogP contribution in [0.5, 0.6) is 0 Å². The van der Waals surface area contributed by atoms with Crippen molar-refractivity contribution in [1.29, 1.82) is 0 Å². The van der Waals surface area contributed by atoms with E-state index < -0.39 is 0 Å². The van der Waals surface area contributed by atoms with Crippen molar-refractivity contribution in [2.24, 2.45) is 0 Å². The molecule has 6 nitrogen and oxygen atoms in total. The maximum absolute atomic E-state index is 12.0. The summed E-state index contributed by atoms with van der Waals surface area (Å²) in [6.45, 7) is 8.42. The molecule has 0 saturated carbocycles. The van der Waals surface area contributed by atoms with Crippen LogP contribution in [0.25, 0.3) is 21.8 Å². The highest BCUT2D eigenvalue weighted by Crippen LogP contribution is 2.23. The van der Waals surface area contributed by atoms with Gasteiger partial charge in [-0.15, -0.1) is 0 Å². The van der Waals surface area contributed by atoms with Crippen LogP contribution in [0.4, 0.5) is 0 Å². The van der Waals surface area contributed by atoms with Crippen molar-refractivity contribution in [2.45, 2.75) is 33.6 Å². The zero-order valence-corrected chi connectivity index (χ0v) is 20.4. The topological polar surface area (TPSA) is 78.4 Å². The molecule has 0 aliphatic carbocycles. The number of carbonyl (C=O) groups excluding carboxylic acids is 2. The van der Waals surface area contributed by atoms with Gasteiger partial charge in [-0.3, -0.25) is 4.98 Å². The van der Waals surface area contributed by atoms with Gasteiger partial charge in [0.1, 0.15) is 5.15 Å². The summed E-state index contributed by atoms with van der Waals surface area (Å²) in [5, 5.41) is 1.90. The number of pyridine rings is 2. The van der Waals surface area contributed by atoms with Crippen LogP contribution in [-0.4, -0.2) is 35.1 Å². The predicted molar refractivity (Wildman–Crippen MR) is 134 cm³/mol. The standard InChI is InChI=1S/C15H17NO2.C12H10ClNO2/c1-4-18-15(17)12-9-14(10(2)3)16-13-8-6-5-7-11(12)13;1-2-16-12(15)9-7-11(13)14-10-6-4-3-5-8(9)10/h5-10H,4H2,1-3H3;3-7H,2H2,1H3. The number of halogens is 1. The molecule has 0 radical (unpaired) electrons. The van der Waals surface area contributed by atoms with E-state index in [2.05, 4.69) is 23.8 Å². The first-order valence-corrected chi connectivity index (χ1v) is 11.5. The molecule has 7 heteroatoms. The van der Waals surface area contributed by atoms with E-state index >= 15 is 0 Å². The highest BCUT2D eigenvalue weighted by Gasteiger charge is 2.15. The third-order valence-electron chi connectivity index (χ3n) is 5.00. The summed E-state index contributed by atoms with van der Waals surface area (Å²) in [4.78, 5) is 32.4. The zero-order valence-electron chi connectivity index (χ0n) is 19.7. The number of para-hydroxylation sites is 2.